The molecule has 112 valence electrons. The first-order valence-corrected chi connectivity index (χ1v) is 7.30. The highest BCUT2D eigenvalue weighted by molar-refractivity contribution is 6.00. The number of nitrogens with zero attached hydrogens (tertiary/aromatic N) is 1. The first-order chi connectivity index (χ1) is 9.16. The second-order valence-corrected chi connectivity index (χ2v) is 6.35. The molecule has 1 fully saturated rings. The Morgan fingerprint density at radius 2 is 1.85 bits per heavy atom. The van der Waals surface area contributed by atoms with Gasteiger partial charge in [-0.1, -0.05) is 33.6 Å². The highest BCUT2D eigenvalue weighted by Crippen LogP contribution is 2.32. The number of carbonyl (C=O) groups excluding carboxylic acids is 2. The van der Waals surface area contributed by atoms with Crippen LogP contribution in [0, 0.1) is 18.3 Å². The molecular weight excluding hydrogens is 252 g/mol. The number of terminal acetylenes is 1. The standard InChI is InChI=1S/C16H26N2O2/c1-8-15(6,7)18-12(11(4)5)13(19)17-16(9-2,10-3)14(18)20/h1,11-12H,9-10H2,2-7H3,(H,17,19). The quantitative estimate of drug-likeness (QED) is 0.799. The van der Waals surface area contributed by atoms with E-state index >= 15 is 0 Å². The van der Waals surface area contributed by atoms with Crippen LogP contribution in [0.3, 0.4) is 0 Å². The van der Waals surface area contributed by atoms with Crippen LogP contribution in [0.5, 0.6) is 0 Å². The molecule has 1 N–H and O–H groups in total. The second kappa shape index (κ2) is 5.47. The summed E-state index contributed by atoms with van der Waals surface area (Å²) in [7, 11) is 0. The maximum atomic E-state index is 13.0. The molecular formula is C16H26N2O2. The van der Waals surface area contributed by atoms with Gasteiger partial charge in [0.15, 0.2) is 0 Å². The van der Waals surface area contributed by atoms with Crippen LogP contribution >= 0.6 is 0 Å². The van der Waals surface area contributed by atoms with Crippen molar-refractivity contribution >= 4 is 11.8 Å². The smallest absolute Gasteiger partial charge is 0.250 e. The normalized spacial score (nSPS) is 22.7. The molecule has 0 spiro atoms. The van der Waals surface area contributed by atoms with Gasteiger partial charge in [-0.3, -0.25) is 9.59 Å². The van der Waals surface area contributed by atoms with Crippen molar-refractivity contribution in [2.24, 2.45) is 5.92 Å². The number of hydrogen-bond acceptors (Lipinski definition) is 2. The van der Waals surface area contributed by atoms with Gasteiger partial charge in [-0.2, -0.15) is 0 Å². The molecule has 2 amide bonds. The Labute approximate surface area is 122 Å². The van der Waals surface area contributed by atoms with E-state index in [1.807, 2.05) is 41.5 Å². The lowest BCUT2D eigenvalue weighted by Crippen LogP contribution is -2.74. The molecule has 1 rings (SSSR count). The van der Waals surface area contributed by atoms with E-state index in [4.69, 9.17) is 6.42 Å². The Morgan fingerprint density at radius 1 is 1.35 bits per heavy atom. The Morgan fingerprint density at radius 3 is 2.20 bits per heavy atom. The topological polar surface area (TPSA) is 49.4 Å². The summed E-state index contributed by atoms with van der Waals surface area (Å²) in [5, 5.41) is 2.94. The lowest BCUT2D eigenvalue weighted by molar-refractivity contribution is -0.162. The number of carbonyl (C=O) groups is 2. The molecule has 1 aliphatic heterocycles. The Kier molecular flexibility index (Phi) is 4.53. The summed E-state index contributed by atoms with van der Waals surface area (Å²) in [4.78, 5) is 27.1. The van der Waals surface area contributed by atoms with E-state index < -0.39 is 17.1 Å². The summed E-state index contributed by atoms with van der Waals surface area (Å²) in [6.07, 6.45) is 6.73. The van der Waals surface area contributed by atoms with Gasteiger partial charge < -0.3 is 10.2 Å². The van der Waals surface area contributed by atoms with Crippen LogP contribution < -0.4 is 5.32 Å². The third-order valence-corrected chi connectivity index (χ3v) is 4.33. The maximum Gasteiger partial charge on any atom is 0.250 e. The lowest BCUT2D eigenvalue weighted by atomic mass is 9.82. The highest BCUT2D eigenvalue weighted by Gasteiger charge is 2.53. The molecule has 1 unspecified atom stereocenters. The van der Waals surface area contributed by atoms with Gasteiger partial charge in [0.05, 0.1) is 5.54 Å². The molecule has 1 atom stereocenters. The first-order valence-electron chi connectivity index (χ1n) is 7.30. The largest absolute Gasteiger partial charge is 0.340 e. The minimum atomic E-state index is -0.823. The zero-order valence-electron chi connectivity index (χ0n) is 13.4. The van der Waals surface area contributed by atoms with Crippen molar-refractivity contribution in [3.63, 3.8) is 0 Å². The molecule has 0 aliphatic carbocycles. The van der Waals surface area contributed by atoms with Gasteiger partial charge in [0.25, 0.3) is 0 Å². The van der Waals surface area contributed by atoms with Crippen LogP contribution in [0.15, 0.2) is 0 Å². The number of rotatable bonds is 4. The highest BCUT2D eigenvalue weighted by atomic mass is 16.2. The van der Waals surface area contributed by atoms with E-state index in [2.05, 4.69) is 11.2 Å². The number of amides is 2. The fraction of sp³-hybridized carbons (Fsp3) is 0.750. The van der Waals surface area contributed by atoms with Gasteiger partial charge in [-0.05, 0) is 32.6 Å². The van der Waals surface area contributed by atoms with E-state index in [1.165, 1.54) is 0 Å². The van der Waals surface area contributed by atoms with Crippen LogP contribution in [0.2, 0.25) is 0 Å². The summed E-state index contributed by atoms with van der Waals surface area (Å²) in [5.41, 5.74) is -1.60. The molecule has 20 heavy (non-hydrogen) atoms. The van der Waals surface area contributed by atoms with Crippen molar-refractivity contribution in [2.45, 2.75) is 71.5 Å². The predicted octanol–water partition coefficient (Wildman–Crippen LogP) is 1.94. The minimum absolute atomic E-state index is 0.0123. The molecule has 1 heterocycles. The van der Waals surface area contributed by atoms with Crippen molar-refractivity contribution in [1.29, 1.82) is 0 Å². The summed E-state index contributed by atoms with van der Waals surface area (Å²) < 4.78 is 0. The maximum absolute atomic E-state index is 13.0. The average molecular weight is 278 g/mol. The molecule has 0 aromatic heterocycles. The average Bonchev–Trinajstić information content (AvgIpc) is 2.39. The molecule has 0 aromatic carbocycles. The number of hydrogen-bond donors (Lipinski definition) is 1. The van der Waals surface area contributed by atoms with Crippen LogP contribution in [-0.4, -0.2) is 33.8 Å². The molecule has 1 saturated heterocycles. The molecule has 0 aromatic rings. The monoisotopic (exact) mass is 278 g/mol. The Balaban J connectivity index is 3.40. The molecule has 1 aliphatic rings. The van der Waals surface area contributed by atoms with E-state index in [0.29, 0.717) is 12.8 Å². The second-order valence-electron chi connectivity index (χ2n) is 6.35. The molecule has 4 nitrogen and oxygen atoms in total. The van der Waals surface area contributed by atoms with Crippen LogP contribution in [0.1, 0.15) is 54.4 Å². The minimum Gasteiger partial charge on any atom is -0.340 e. The van der Waals surface area contributed by atoms with Gasteiger partial charge in [0.2, 0.25) is 11.8 Å². The first kappa shape index (κ1) is 16.6. The SMILES string of the molecule is C#CC(C)(C)N1C(=O)C(CC)(CC)NC(=O)C1C(C)C. The number of nitrogens with one attached hydrogen (secondary N) is 1. The summed E-state index contributed by atoms with van der Waals surface area (Å²) in [6.45, 7) is 11.3. The molecule has 0 radical (unpaired) electrons. The van der Waals surface area contributed by atoms with Gasteiger partial charge in [0.1, 0.15) is 11.6 Å². The molecule has 0 bridgehead atoms. The van der Waals surface area contributed by atoms with Gasteiger partial charge in [-0.25, -0.2) is 0 Å². The van der Waals surface area contributed by atoms with E-state index in [1.54, 1.807) is 4.90 Å². The van der Waals surface area contributed by atoms with Crippen molar-refractivity contribution < 1.29 is 9.59 Å². The van der Waals surface area contributed by atoms with Crippen molar-refractivity contribution in [3.05, 3.63) is 0 Å². The van der Waals surface area contributed by atoms with Crippen molar-refractivity contribution in [2.75, 3.05) is 0 Å². The Bertz CT molecular complexity index is 442. The van der Waals surface area contributed by atoms with Crippen LogP contribution in [0.25, 0.3) is 0 Å². The van der Waals surface area contributed by atoms with E-state index in [0.717, 1.165) is 0 Å². The zero-order chi connectivity index (χ0) is 15.7. The van der Waals surface area contributed by atoms with E-state index in [-0.39, 0.29) is 17.7 Å². The van der Waals surface area contributed by atoms with Crippen molar-refractivity contribution in [1.82, 2.24) is 10.2 Å². The zero-order valence-corrected chi connectivity index (χ0v) is 13.4. The fourth-order valence-corrected chi connectivity index (χ4v) is 2.84. The third kappa shape index (κ3) is 2.42. The van der Waals surface area contributed by atoms with Crippen LogP contribution in [-0.2, 0) is 9.59 Å². The fourth-order valence-electron chi connectivity index (χ4n) is 2.84. The lowest BCUT2D eigenvalue weighted by Gasteiger charge is -2.51. The summed E-state index contributed by atoms with van der Waals surface area (Å²) in [6, 6.07) is -0.514. The van der Waals surface area contributed by atoms with Crippen molar-refractivity contribution in [3.8, 4) is 12.3 Å². The van der Waals surface area contributed by atoms with Gasteiger partial charge in [0, 0.05) is 0 Å². The number of piperazine rings is 1. The summed E-state index contributed by atoms with van der Waals surface area (Å²) in [5.74, 6) is 2.50. The summed E-state index contributed by atoms with van der Waals surface area (Å²) >= 11 is 0. The molecule has 4 heteroatoms. The predicted molar refractivity (Wildman–Crippen MR) is 79.8 cm³/mol. The van der Waals surface area contributed by atoms with Crippen LogP contribution in [0.4, 0.5) is 0 Å². The van der Waals surface area contributed by atoms with E-state index in [9.17, 15) is 9.59 Å². The third-order valence-electron chi connectivity index (χ3n) is 4.33. The Hall–Kier alpha value is -1.50. The van der Waals surface area contributed by atoms with Gasteiger partial charge in [-0.15, -0.1) is 6.42 Å². The van der Waals surface area contributed by atoms with Gasteiger partial charge >= 0.3 is 0 Å². The molecule has 0 saturated carbocycles.